The van der Waals surface area contributed by atoms with Gasteiger partial charge < -0.3 is 5.11 Å². The van der Waals surface area contributed by atoms with E-state index in [0.29, 0.717) is 17.4 Å². The summed E-state index contributed by atoms with van der Waals surface area (Å²) < 4.78 is 0. The first kappa shape index (κ1) is 11.1. The van der Waals surface area contributed by atoms with Crippen molar-refractivity contribution in [1.29, 1.82) is 0 Å². The van der Waals surface area contributed by atoms with Crippen LogP contribution < -0.4 is 0 Å². The molecule has 0 radical (unpaired) electrons. The molecule has 1 aliphatic rings. The number of nitrogens with zero attached hydrogens (tertiary/aromatic N) is 2. The highest BCUT2D eigenvalue weighted by Crippen LogP contribution is 2.34. The highest BCUT2D eigenvalue weighted by Gasteiger charge is 2.22. The fourth-order valence-corrected chi connectivity index (χ4v) is 2.18. The van der Waals surface area contributed by atoms with E-state index in [1.54, 1.807) is 0 Å². The maximum atomic E-state index is 10.8. The third kappa shape index (κ3) is 2.57. The monoisotopic (exact) mass is 238 g/mol. The van der Waals surface area contributed by atoms with E-state index in [-0.39, 0.29) is 11.3 Å². The molecule has 0 saturated heterocycles. The molecule has 84 valence electrons. The average Bonchev–Trinajstić information content (AvgIpc) is 3.09. The Kier molecular flexibility index (Phi) is 3.19. The van der Waals surface area contributed by atoms with Gasteiger partial charge in [-0.2, -0.15) is 0 Å². The first-order valence-electron chi connectivity index (χ1n) is 4.89. The highest BCUT2D eigenvalue weighted by molar-refractivity contribution is 7.99. The molecule has 1 heterocycles. The zero-order chi connectivity index (χ0) is 11.5. The fraction of sp³-hybridized carbons (Fsp3) is 0.400. The Labute approximate surface area is 96.3 Å². The van der Waals surface area contributed by atoms with Crippen molar-refractivity contribution in [3.63, 3.8) is 0 Å². The molecule has 1 saturated carbocycles. The maximum Gasteiger partial charge on any atom is 0.355 e. The molecule has 5 nitrogen and oxygen atoms in total. The lowest BCUT2D eigenvalue weighted by Crippen LogP contribution is -2.07. The summed E-state index contributed by atoms with van der Waals surface area (Å²) >= 11 is 1.44. The van der Waals surface area contributed by atoms with Crippen LogP contribution in [0.25, 0.3) is 0 Å². The molecular weight excluding hydrogens is 228 g/mol. The van der Waals surface area contributed by atoms with E-state index in [0.717, 1.165) is 5.75 Å². The molecule has 0 unspecified atom stereocenters. The molecule has 1 aliphatic carbocycles. The number of carbonyl (C=O) groups is 2. The van der Waals surface area contributed by atoms with Gasteiger partial charge in [-0.05, 0) is 18.8 Å². The van der Waals surface area contributed by atoms with Crippen LogP contribution in [0.1, 0.15) is 33.7 Å². The van der Waals surface area contributed by atoms with Crippen LogP contribution in [0.15, 0.2) is 11.4 Å². The molecule has 2 rings (SSSR count). The van der Waals surface area contributed by atoms with E-state index >= 15 is 0 Å². The second kappa shape index (κ2) is 4.61. The number of carboxylic acids is 1. The van der Waals surface area contributed by atoms with Crippen molar-refractivity contribution in [3.8, 4) is 0 Å². The number of carboxylic acid groups (broad SMARTS) is 1. The van der Waals surface area contributed by atoms with E-state index in [2.05, 4.69) is 9.97 Å². The molecule has 6 heteroatoms. The van der Waals surface area contributed by atoms with Crippen LogP contribution >= 0.6 is 11.8 Å². The van der Waals surface area contributed by atoms with Gasteiger partial charge in [-0.3, -0.25) is 4.79 Å². The zero-order valence-corrected chi connectivity index (χ0v) is 9.24. The summed E-state index contributed by atoms with van der Waals surface area (Å²) in [7, 11) is 0. The molecule has 1 N–H and O–H groups in total. The molecule has 1 aromatic rings. The minimum absolute atomic E-state index is 0.0169. The van der Waals surface area contributed by atoms with Gasteiger partial charge >= 0.3 is 5.97 Å². The van der Waals surface area contributed by atoms with Gasteiger partial charge in [0.2, 0.25) is 0 Å². The second-order valence-electron chi connectivity index (χ2n) is 3.63. The lowest BCUT2D eigenvalue weighted by Gasteiger charge is -2.01. The quantitative estimate of drug-likeness (QED) is 0.475. The van der Waals surface area contributed by atoms with E-state index in [4.69, 9.17) is 5.11 Å². The van der Waals surface area contributed by atoms with Gasteiger partial charge in [0.1, 0.15) is 0 Å². The molecule has 0 amide bonds. The topological polar surface area (TPSA) is 80.2 Å². The molecule has 0 atom stereocenters. The lowest BCUT2D eigenvalue weighted by molar-refractivity contribution is 0.0686. The van der Waals surface area contributed by atoms with Crippen molar-refractivity contribution in [2.24, 2.45) is 5.92 Å². The summed E-state index contributed by atoms with van der Waals surface area (Å²) in [6, 6.07) is 0. The summed E-state index contributed by atoms with van der Waals surface area (Å²) in [5.74, 6) is 0.435. The molecule has 1 aromatic heterocycles. The van der Waals surface area contributed by atoms with Crippen LogP contribution in [-0.2, 0) is 0 Å². The fourth-order valence-electron chi connectivity index (χ4n) is 1.18. The number of rotatable bonds is 5. The van der Waals surface area contributed by atoms with Crippen molar-refractivity contribution in [2.75, 3.05) is 5.75 Å². The molecular formula is C10H10N2O3S. The van der Waals surface area contributed by atoms with Crippen LogP contribution in [0.3, 0.4) is 0 Å². The number of hydrogen-bond acceptors (Lipinski definition) is 5. The summed E-state index contributed by atoms with van der Waals surface area (Å²) in [6.07, 6.45) is 4.17. The first-order valence-corrected chi connectivity index (χ1v) is 5.87. The number of carbonyl (C=O) groups excluding carboxylic acids is 1. The third-order valence-corrected chi connectivity index (χ3v) is 3.36. The van der Waals surface area contributed by atoms with E-state index in [1.165, 1.54) is 30.8 Å². The van der Waals surface area contributed by atoms with Gasteiger partial charge in [-0.15, -0.1) is 0 Å². The molecule has 16 heavy (non-hydrogen) atoms. The minimum atomic E-state index is -1.20. The predicted molar refractivity (Wildman–Crippen MR) is 57.8 cm³/mol. The summed E-state index contributed by atoms with van der Waals surface area (Å²) in [5.41, 5.74) is -0.202. The number of aldehydes is 1. The predicted octanol–water partition coefficient (Wildman–Crippen LogP) is 1.49. The van der Waals surface area contributed by atoms with Crippen molar-refractivity contribution in [1.82, 2.24) is 9.97 Å². The average molecular weight is 238 g/mol. The lowest BCUT2D eigenvalue weighted by atomic mass is 10.2. The van der Waals surface area contributed by atoms with Crippen LogP contribution in [0.5, 0.6) is 0 Å². The van der Waals surface area contributed by atoms with E-state index in [1.807, 2.05) is 0 Å². The van der Waals surface area contributed by atoms with Gasteiger partial charge in [-0.1, -0.05) is 11.8 Å². The van der Waals surface area contributed by atoms with Crippen molar-refractivity contribution < 1.29 is 14.7 Å². The largest absolute Gasteiger partial charge is 0.476 e. The standard InChI is InChI=1S/C10H10N2O3S/c13-4-7-3-11-10(12-8(7)9(14)15)16-5-6-1-2-6/h3-4,6H,1-2,5H2,(H,14,15). The van der Waals surface area contributed by atoms with Crippen LogP contribution in [-0.4, -0.2) is 33.1 Å². The van der Waals surface area contributed by atoms with Crippen molar-refractivity contribution in [3.05, 3.63) is 17.5 Å². The maximum absolute atomic E-state index is 10.8. The van der Waals surface area contributed by atoms with Crippen molar-refractivity contribution >= 4 is 24.0 Å². The molecule has 0 aliphatic heterocycles. The Morgan fingerprint density at radius 1 is 1.62 bits per heavy atom. The molecule has 1 fully saturated rings. The first-order chi connectivity index (χ1) is 7.70. The van der Waals surface area contributed by atoms with E-state index in [9.17, 15) is 9.59 Å². The summed E-state index contributed by atoms with van der Waals surface area (Å²) in [5, 5.41) is 9.28. The van der Waals surface area contributed by atoms with E-state index < -0.39 is 5.97 Å². The van der Waals surface area contributed by atoms with Crippen LogP contribution in [0.2, 0.25) is 0 Å². The van der Waals surface area contributed by atoms with Crippen LogP contribution in [0, 0.1) is 5.92 Å². The van der Waals surface area contributed by atoms with Crippen LogP contribution in [0.4, 0.5) is 0 Å². The second-order valence-corrected chi connectivity index (χ2v) is 4.62. The smallest absolute Gasteiger partial charge is 0.355 e. The number of aromatic nitrogens is 2. The summed E-state index contributed by atoms with van der Waals surface area (Å²) in [4.78, 5) is 29.2. The number of thioether (sulfide) groups is 1. The SMILES string of the molecule is O=Cc1cnc(SCC2CC2)nc1C(=O)O. The Hall–Kier alpha value is -1.43. The zero-order valence-electron chi connectivity index (χ0n) is 8.42. The molecule has 0 spiro atoms. The highest BCUT2D eigenvalue weighted by atomic mass is 32.2. The Morgan fingerprint density at radius 2 is 2.38 bits per heavy atom. The normalized spacial score (nSPS) is 14.8. The van der Waals surface area contributed by atoms with Crippen molar-refractivity contribution in [2.45, 2.75) is 18.0 Å². The Balaban J connectivity index is 2.16. The van der Waals surface area contributed by atoms with Gasteiger partial charge in [0.15, 0.2) is 17.1 Å². The number of aromatic carboxylic acids is 1. The van der Waals surface area contributed by atoms with Gasteiger partial charge in [0, 0.05) is 11.9 Å². The summed E-state index contributed by atoms with van der Waals surface area (Å²) in [6.45, 7) is 0. The molecule has 0 aromatic carbocycles. The molecule has 0 bridgehead atoms. The third-order valence-electron chi connectivity index (χ3n) is 2.27. The number of hydrogen-bond donors (Lipinski definition) is 1. The Bertz CT molecular complexity index is 432. The van der Waals surface area contributed by atoms with Gasteiger partial charge in [0.25, 0.3) is 0 Å². The Morgan fingerprint density at radius 3 is 2.94 bits per heavy atom. The van der Waals surface area contributed by atoms with Gasteiger partial charge in [0.05, 0.1) is 5.56 Å². The van der Waals surface area contributed by atoms with Gasteiger partial charge in [-0.25, -0.2) is 14.8 Å². The minimum Gasteiger partial charge on any atom is -0.476 e.